The highest BCUT2D eigenvalue weighted by Crippen LogP contribution is 2.28. The van der Waals surface area contributed by atoms with Crippen molar-refractivity contribution >= 4 is 16.5 Å². The third-order valence-corrected chi connectivity index (χ3v) is 4.61. The van der Waals surface area contributed by atoms with Crippen molar-refractivity contribution < 1.29 is 4.74 Å². The minimum Gasteiger partial charge on any atom is -0.375 e. The molecule has 20 heavy (non-hydrogen) atoms. The number of nitrogens with zero attached hydrogens (tertiary/aromatic N) is 2. The van der Waals surface area contributed by atoms with Gasteiger partial charge in [-0.25, -0.2) is 4.98 Å². The van der Waals surface area contributed by atoms with Crippen LogP contribution in [0.1, 0.15) is 39.0 Å². The monoisotopic (exact) mass is 297 g/mol. The fraction of sp³-hybridized carbons (Fsp3) is 0.800. The van der Waals surface area contributed by atoms with Crippen molar-refractivity contribution in [1.29, 1.82) is 0 Å². The molecule has 0 bridgehead atoms. The molecule has 114 valence electrons. The SMILES string of the molecule is CCC1COC(C)CN1c1ncc(CNCC(C)C)s1. The Morgan fingerprint density at radius 2 is 2.35 bits per heavy atom. The van der Waals surface area contributed by atoms with E-state index in [2.05, 4.69) is 42.9 Å². The van der Waals surface area contributed by atoms with Crippen LogP contribution in [0.2, 0.25) is 0 Å². The number of morpholine rings is 1. The Labute approximate surface area is 126 Å². The van der Waals surface area contributed by atoms with Crippen LogP contribution in [-0.4, -0.2) is 36.8 Å². The molecule has 5 heteroatoms. The van der Waals surface area contributed by atoms with E-state index in [-0.39, 0.29) is 0 Å². The van der Waals surface area contributed by atoms with Crippen molar-refractivity contribution in [2.24, 2.45) is 5.92 Å². The lowest BCUT2D eigenvalue weighted by Crippen LogP contribution is -2.48. The van der Waals surface area contributed by atoms with E-state index in [1.54, 1.807) is 0 Å². The second-order valence-electron chi connectivity index (χ2n) is 5.99. The Balaban J connectivity index is 1.95. The molecular formula is C15H27N3OS. The average Bonchev–Trinajstić information content (AvgIpc) is 2.87. The number of nitrogens with one attached hydrogen (secondary N) is 1. The first-order valence-corrected chi connectivity index (χ1v) is 8.45. The molecule has 1 N–H and O–H groups in total. The first-order chi connectivity index (χ1) is 9.60. The van der Waals surface area contributed by atoms with Gasteiger partial charge in [0.2, 0.25) is 0 Å². The largest absolute Gasteiger partial charge is 0.375 e. The summed E-state index contributed by atoms with van der Waals surface area (Å²) in [4.78, 5) is 8.36. The number of hydrogen-bond donors (Lipinski definition) is 1. The minimum absolute atomic E-state index is 0.296. The van der Waals surface area contributed by atoms with Crippen molar-refractivity contribution in [2.45, 2.75) is 52.8 Å². The van der Waals surface area contributed by atoms with Gasteiger partial charge in [0.25, 0.3) is 0 Å². The van der Waals surface area contributed by atoms with Gasteiger partial charge < -0.3 is 15.0 Å². The third kappa shape index (κ3) is 4.17. The van der Waals surface area contributed by atoms with E-state index in [0.717, 1.165) is 37.8 Å². The molecule has 0 amide bonds. The highest BCUT2D eigenvalue weighted by atomic mass is 32.1. The van der Waals surface area contributed by atoms with E-state index in [1.165, 1.54) is 4.88 Å². The average molecular weight is 297 g/mol. The van der Waals surface area contributed by atoms with Crippen LogP contribution in [0.4, 0.5) is 5.13 Å². The van der Waals surface area contributed by atoms with Crippen molar-refractivity contribution in [3.63, 3.8) is 0 Å². The quantitative estimate of drug-likeness (QED) is 0.876. The van der Waals surface area contributed by atoms with Gasteiger partial charge in [0, 0.05) is 24.2 Å². The van der Waals surface area contributed by atoms with Gasteiger partial charge in [0.05, 0.1) is 18.8 Å². The Hall–Kier alpha value is -0.650. The van der Waals surface area contributed by atoms with Crippen LogP contribution >= 0.6 is 11.3 Å². The van der Waals surface area contributed by atoms with Gasteiger partial charge in [-0.3, -0.25) is 0 Å². The molecule has 1 aromatic rings. The summed E-state index contributed by atoms with van der Waals surface area (Å²) in [5.41, 5.74) is 0. The second kappa shape index (κ2) is 7.38. The van der Waals surface area contributed by atoms with E-state index >= 15 is 0 Å². The minimum atomic E-state index is 0.296. The highest BCUT2D eigenvalue weighted by Gasteiger charge is 2.27. The molecule has 2 rings (SSSR count). The smallest absolute Gasteiger partial charge is 0.185 e. The summed E-state index contributed by atoms with van der Waals surface area (Å²) < 4.78 is 5.75. The summed E-state index contributed by atoms with van der Waals surface area (Å²) in [5.74, 6) is 0.687. The van der Waals surface area contributed by atoms with Crippen LogP contribution in [0.5, 0.6) is 0 Å². The van der Waals surface area contributed by atoms with Gasteiger partial charge in [0.1, 0.15) is 0 Å². The van der Waals surface area contributed by atoms with E-state index in [9.17, 15) is 0 Å². The third-order valence-electron chi connectivity index (χ3n) is 3.58. The van der Waals surface area contributed by atoms with Crippen molar-refractivity contribution in [3.8, 4) is 0 Å². The number of aromatic nitrogens is 1. The summed E-state index contributed by atoms with van der Waals surface area (Å²) in [6.07, 6.45) is 3.41. The zero-order valence-corrected chi connectivity index (χ0v) is 13.9. The molecule has 2 atom stereocenters. The van der Waals surface area contributed by atoms with Crippen LogP contribution in [0.15, 0.2) is 6.20 Å². The van der Waals surface area contributed by atoms with E-state index < -0.39 is 0 Å². The van der Waals surface area contributed by atoms with Crippen molar-refractivity contribution in [1.82, 2.24) is 10.3 Å². The van der Waals surface area contributed by atoms with Crippen LogP contribution < -0.4 is 10.2 Å². The lowest BCUT2D eigenvalue weighted by atomic mass is 10.1. The molecule has 1 saturated heterocycles. The Kier molecular flexibility index (Phi) is 5.81. The fourth-order valence-electron chi connectivity index (χ4n) is 2.41. The molecule has 1 aromatic heterocycles. The molecule has 0 radical (unpaired) electrons. The highest BCUT2D eigenvalue weighted by molar-refractivity contribution is 7.15. The molecular weight excluding hydrogens is 270 g/mol. The van der Waals surface area contributed by atoms with Gasteiger partial charge in [-0.2, -0.15) is 0 Å². The van der Waals surface area contributed by atoms with Gasteiger partial charge in [-0.05, 0) is 25.8 Å². The number of thiazole rings is 1. The Morgan fingerprint density at radius 3 is 3.05 bits per heavy atom. The summed E-state index contributed by atoms with van der Waals surface area (Å²) >= 11 is 1.81. The Morgan fingerprint density at radius 1 is 1.55 bits per heavy atom. The van der Waals surface area contributed by atoms with E-state index in [4.69, 9.17) is 4.74 Å². The summed E-state index contributed by atoms with van der Waals surface area (Å²) in [6.45, 7) is 12.6. The van der Waals surface area contributed by atoms with E-state index in [0.29, 0.717) is 18.1 Å². The molecule has 0 aliphatic carbocycles. The number of ether oxygens (including phenoxy) is 1. The maximum atomic E-state index is 5.75. The molecule has 4 nitrogen and oxygen atoms in total. The molecule has 1 aliphatic rings. The number of anilines is 1. The molecule has 2 unspecified atom stereocenters. The molecule has 0 saturated carbocycles. The maximum Gasteiger partial charge on any atom is 0.185 e. The molecule has 0 aromatic carbocycles. The summed E-state index contributed by atoms with van der Waals surface area (Å²) in [7, 11) is 0. The zero-order valence-electron chi connectivity index (χ0n) is 13.1. The first kappa shape index (κ1) is 15.7. The topological polar surface area (TPSA) is 37.4 Å². The zero-order chi connectivity index (χ0) is 14.5. The fourth-order valence-corrected chi connectivity index (χ4v) is 3.37. The summed E-state index contributed by atoms with van der Waals surface area (Å²) in [6, 6.07) is 0.467. The molecule has 1 fully saturated rings. The number of hydrogen-bond acceptors (Lipinski definition) is 5. The lowest BCUT2D eigenvalue weighted by molar-refractivity contribution is 0.0299. The van der Waals surface area contributed by atoms with E-state index in [1.807, 2.05) is 17.5 Å². The van der Waals surface area contributed by atoms with Gasteiger partial charge in [-0.15, -0.1) is 11.3 Å². The van der Waals surface area contributed by atoms with Gasteiger partial charge in [0.15, 0.2) is 5.13 Å². The van der Waals surface area contributed by atoms with Gasteiger partial charge in [-0.1, -0.05) is 20.8 Å². The van der Waals surface area contributed by atoms with Crippen LogP contribution in [0.25, 0.3) is 0 Å². The predicted molar refractivity (Wildman–Crippen MR) is 85.5 cm³/mol. The second-order valence-corrected chi connectivity index (χ2v) is 7.09. The van der Waals surface area contributed by atoms with Gasteiger partial charge >= 0.3 is 0 Å². The Bertz CT molecular complexity index is 408. The summed E-state index contributed by atoms with van der Waals surface area (Å²) in [5, 5.41) is 4.63. The number of rotatable bonds is 6. The van der Waals surface area contributed by atoms with Crippen LogP contribution in [0.3, 0.4) is 0 Å². The first-order valence-electron chi connectivity index (χ1n) is 7.63. The predicted octanol–water partition coefficient (Wildman–Crippen LogP) is 2.89. The molecule has 1 aliphatic heterocycles. The molecule has 0 spiro atoms. The van der Waals surface area contributed by atoms with Crippen molar-refractivity contribution in [3.05, 3.63) is 11.1 Å². The van der Waals surface area contributed by atoms with Crippen LogP contribution in [-0.2, 0) is 11.3 Å². The normalized spacial score (nSPS) is 23.6. The lowest BCUT2D eigenvalue weighted by Gasteiger charge is -2.38. The van der Waals surface area contributed by atoms with Crippen LogP contribution in [0, 0.1) is 5.92 Å². The standard InChI is InChI=1S/C15H27N3OS/c1-5-13-10-19-12(4)9-18(13)15-17-8-14(20-15)7-16-6-11(2)3/h8,11-13,16H,5-7,9-10H2,1-4H3. The van der Waals surface area contributed by atoms with Crippen molar-refractivity contribution in [2.75, 3.05) is 24.6 Å². The maximum absolute atomic E-state index is 5.75. The molecule has 2 heterocycles.